The number of amides is 2. The summed E-state index contributed by atoms with van der Waals surface area (Å²) in [4.78, 5) is 16.3. The molecule has 2 heterocycles. The fourth-order valence-electron chi connectivity index (χ4n) is 3.17. The summed E-state index contributed by atoms with van der Waals surface area (Å²) in [5.74, 6) is -0.375. The molecule has 1 aromatic heterocycles. The van der Waals surface area contributed by atoms with Crippen LogP contribution in [0.4, 0.5) is 20.6 Å². The SMILES string of the molecule is Cc1ccc(NC(=O)Nc2cc(F)cc(O[C@@H]3CCCN(S(=O)(=O)N(C)C)C3)c2)cn1. The standard InChI is InChI=1S/C20H26FN5O4S/c1-14-6-7-16(12-22-14)23-20(27)24-17-9-15(21)10-19(11-17)30-18-5-4-8-26(13-18)31(28,29)25(2)3/h6-7,9-12,18H,4-5,8,13H2,1-3H3,(H2,23,24,27)/t18-/m1/s1. The summed E-state index contributed by atoms with van der Waals surface area (Å²) >= 11 is 0. The molecule has 1 aliphatic rings. The Hall–Kier alpha value is -2.76. The molecular formula is C20H26FN5O4S. The van der Waals surface area contributed by atoms with E-state index in [-0.39, 0.29) is 18.0 Å². The second kappa shape index (κ2) is 9.58. The van der Waals surface area contributed by atoms with Crippen LogP contribution in [0.2, 0.25) is 0 Å². The van der Waals surface area contributed by atoms with E-state index < -0.39 is 28.2 Å². The first-order chi connectivity index (χ1) is 14.6. The molecule has 0 bridgehead atoms. The summed E-state index contributed by atoms with van der Waals surface area (Å²) in [7, 11) is -0.599. The monoisotopic (exact) mass is 451 g/mol. The Morgan fingerprint density at radius 3 is 2.65 bits per heavy atom. The van der Waals surface area contributed by atoms with Crippen molar-refractivity contribution in [3.63, 3.8) is 0 Å². The minimum Gasteiger partial charge on any atom is -0.489 e. The van der Waals surface area contributed by atoms with Crippen LogP contribution in [0.25, 0.3) is 0 Å². The van der Waals surface area contributed by atoms with E-state index in [4.69, 9.17) is 4.74 Å². The molecule has 1 saturated heterocycles. The molecule has 9 nitrogen and oxygen atoms in total. The van der Waals surface area contributed by atoms with E-state index in [2.05, 4.69) is 15.6 Å². The zero-order valence-corrected chi connectivity index (χ0v) is 18.4. The third kappa shape index (κ3) is 6.12. The van der Waals surface area contributed by atoms with Crippen LogP contribution in [-0.4, -0.2) is 61.3 Å². The van der Waals surface area contributed by atoms with Gasteiger partial charge in [-0.05, 0) is 38.0 Å². The number of pyridine rings is 1. The number of ether oxygens (including phenoxy) is 1. The molecule has 0 spiro atoms. The first-order valence-corrected chi connectivity index (χ1v) is 11.2. The van der Waals surface area contributed by atoms with Crippen LogP contribution < -0.4 is 15.4 Å². The van der Waals surface area contributed by atoms with Gasteiger partial charge in [-0.25, -0.2) is 9.18 Å². The number of benzene rings is 1. The summed E-state index contributed by atoms with van der Waals surface area (Å²) in [5, 5.41) is 5.18. The van der Waals surface area contributed by atoms with E-state index in [0.29, 0.717) is 25.1 Å². The fraction of sp³-hybridized carbons (Fsp3) is 0.400. The van der Waals surface area contributed by atoms with Gasteiger partial charge in [-0.2, -0.15) is 17.0 Å². The number of aromatic nitrogens is 1. The molecule has 1 atom stereocenters. The number of rotatable bonds is 6. The first-order valence-electron chi connectivity index (χ1n) is 9.79. The molecule has 2 amide bonds. The van der Waals surface area contributed by atoms with Gasteiger partial charge >= 0.3 is 6.03 Å². The largest absolute Gasteiger partial charge is 0.489 e. The maximum Gasteiger partial charge on any atom is 0.323 e. The molecule has 0 aliphatic carbocycles. The van der Waals surface area contributed by atoms with E-state index in [1.807, 2.05) is 6.92 Å². The molecular weight excluding hydrogens is 425 g/mol. The Morgan fingerprint density at radius 2 is 1.97 bits per heavy atom. The van der Waals surface area contributed by atoms with Gasteiger partial charge < -0.3 is 15.4 Å². The lowest BCUT2D eigenvalue weighted by atomic mass is 10.1. The summed E-state index contributed by atoms with van der Waals surface area (Å²) < 4.78 is 47.2. The van der Waals surface area contributed by atoms with Crippen LogP contribution in [0.5, 0.6) is 5.75 Å². The molecule has 3 rings (SSSR count). The number of aryl methyl sites for hydroxylation is 1. The van der Waals surface area contributed by atoms with E-state index >= 15 is 0 Å². The number of hydrogen-bond acceptors (Lipinski definition) is 5. The summed E-state index contributed by atoms with van der Waals surface area (Å²) in [6.45, 7) is 2.41. The maximum absolute atomic E-state index is 14.1. The minimum absolute atomic E-state index is 0.167. The second-order valence-electron chi connectivity index (χ2n) is 7.47. The van der Waals surface area contributed by atoms with Crippen molar-refractivity contribution in [1.82, 2.24) is 13.6 Å². The third-order valence-corrected chi connectivity index (χ3v) is 6.64. The van der Waals surface area contributed by atoms with Crippen molar-refractivity contribution in [3.05, 3.63) is 48.0 Å². The molecule has 0 unspecified atom stereocenters. The van der Waals surface area contributed by atoms with Gasteiger partial charge in [-0.3, -0.25) is 4.98 Å². The van der Waals surface area contributed by atoms with Crippen molar-refractivity contribution in [1.29, 1.82) is 0 Å². The average molecular weight is 452 g/mol. The highest BCUT2D eigenvalue weighted by atomic mass is 32.2. The summed E-state index contributed by atoms with van der Waals surface area (Å²) in [6, 6.07) is 6.78. The van der Waals surface area contributed by atoms with Crippen LogP contribution in [0.1, 0.15) is 18.5 Å². The van der Waals surface area contributed by atoms with Crippen LogP contribution >= 0.6 is 0 Å². The van der Waals surface area contributed by atoms with Crippen LogP contribution in [0.3, 0.4) is 0 Å². The lowest BCUT2D eigenvalue weighted by molar-refractivity contribution is 0.127. The second-order valence-corrected chi connectivity index (χ2v) is 9.62. The van der Waals surface area contributed by atoms with Crippen LogP contribution in [0, 0.1) is 12.7 Å². The van der Waals surface area contributed by atoms with E-state index in [1.54, 1.807) is 12.1 Å². The number of urea groups is 1. The first kappa shape index (κ1) is 22.9. The molecule has 168 valence electrons. The van der Waals surface area contributed by atoms with E-state index in [9.17, 15) is 17.6 Å². The number of halogens is 1. The van der Waals surface area contributed by atoms with E-state index in [1.165, 1.54) is 42.8 Å². The normalized spacial score (nSPS) is 17.4. The van der Waals surface area contributed by atoms with Crippen molar-refractivity contribution in [2.45, 2.75) is 25.9 Å². The van der Waals surface area contributed by atoms with Gasteiger partial charge in [-0.15, -0.1) is 0 Å². The molecule has 0 radical (unpaired) electrons. The number of hydrogen-bond donors (Lipinski definition) is 2. The Bertz CT molecular complexity index is 1030. The van der Waals surface area contributed by atoms with Gasteiger partial charge in [0.1, 0.15) is 17.7 Å². The number of piperidine rings is 1. The van der Waals surface area contributed by atoms with Crippen molar-refractivity contribution >= 4 is 27.6 Å². The van der Waals surface area contributed by atoms with Crippen LogP contribution in [-0.2, 0) is 10.2 Å². The van der Waals surface area contributed by atoms with Gasteiger partial charge in [0.15, 0.2) is 0 Å². The maximum atomic E-state index is 14.1. The zero-order chi connectivity index (χ0) is 22.6. The highest BCUT2D eigenvalue weighted by Gasteiger charge is 2.31. The highest BCUT2D eigenvalue weighted by molar-refractivity contribution is 7.86. The van der Waals surface area contributed by atoms with Gasteiger partial charge in [0.2, 0.25) is 0 Å². The van der Waals surface area contributed by atoms with Gasteiger partial charge in [-0.1, -0.05) is 0 Å². The van der Waals surface area contributed by atoms with E-state index in [0.717, 1.165) is 10.00 Å². The van der Waals surface area contributed by atoms with Gasteiger partial charge in [0.25, 0.3) is 10.2 Å². The number of carbonyl (C=O) groups is 1. The van der Waals surface area contributed by atoms with Gasteiger partial charge in [0, 0.05) is 44.2 Å². The van der Waals surface area contributed by atoms with Crippen molar-refractivity contribution in [3.8, 4) is 5.75 Å². The predicted octanol–water partition coefficient (Wildman–Crippen LogP) is 2.82. The lowest BCUT2D eigenvalue weighted by Gasteiger charge is -2.33. The molecule has 1 fully saturated rings. The topological polar surface area (TPSA) is 104 Å². The fourth-order valence-corrected chi connectivity index (χ4v) is 4.35. The van der Waals surface area contributed by atoms with Crippen molar-refractivity contribution in [2.75, 3.05) is 37.8 Å². The minimum atomic E-state index is -3.55. The quantitative estimate of drug-likeness (QED) is 0.703. The number of anilines is 2. The number of carbonyl (C=O) groups excluding carboxylic acids is 1. The summed E-state index contributed by atoms with van der Waals surface area (Å²) in [5.41, 5.74) is 1.53. The molecule has 2 aromatic rings. The average Bonchev–Trinajstić information content (AvgIpc) is 2.69. The number of nitrogens with zero attached hydrogens (tertiary/aromatic N) is 3. The molecule has 11 heteroatoms. The molecule has 1 aromatic carbocycles. The Labute approximate surface area is 181 Å². The van der Waals surface area contributed by atoms with Crippen LogP contribution in [0.15, 0.2) is 36.5 Å². The lowest BCUT2D eigenvalue weighted by Crippen LogP contribution is -2.48. The molecule has 0 saturated carbocycles. The third-order valence-electron chi connectivity index (χ3n) is 4.73. The smallest absolute Gasteiger partial charge is 0.323 e. The molecule has 31 heavy (non-hydrogen) atoms. The van der Waals surface area contributed by atoms with Crippen molar-refractivity contribution in [2.24, 2.45) is 0 Å². The molecule has 1 aliphatic heterocycles. The van der Waals surface area contributed by atoms with Crippen molar-refractivity contribution < 1.29 is 22.3 Å². The Kier molecular flexibility index (Phi) is 7.08. The number of nitrogens with one attached hydrogen (secondary N) is 2. The Morgan fingerprint density at radius 1 is 1.23 bits per heavy atom. The zero-order valence-electron chi connectivity index (χ0n) is 17.6. The van der Waals surface area contributed by atoms with Gasteiger partial charge in [0.05, 0.1) is 18.4 Å². The highest BCUT2D eigenvalue weighted by Crippen LogP contribution is 2.25. The Balaban J connectivity index is 1.65. The molecule has 2 N–H and O–H groups in total. The summed E-state index contributed by atoms with van der Waals surface area (Å²) in [6.07, 6.45) is 2.36. The predicted molar refractivity (Wildman–Crippen MR) is 116 cm³/mol.